The lowest BCUT2D eigenvalue weighted by Gasteiger charge is -2.48. The number of hydrogen-bond acceptors (Lipinski definition) is 12. The SMILES string of the molecule is C=CC(=O)Nc1cc(Nc2nc(-c3ccnc(N4CCn5c(cc6c5CC(C)(C)C6)C4=O)c3CO)cnc2OC)ccc1N1CCN(C2CCN(c3ccc4c(c3)CN(C3CCCCC3)C4=O)[C@@H](C)C2)C[C@@H]1C. The molecular weight excluding hydrogens is 919 g/mol. The van der Waals surface area contributed by atoms with Crippen LogP contribution in [0.15, 0.2) is 73.6 Å². The molecule has 2 saturated heterocycles. The normalized spacial score (nSPS) is 22.0. The van der Waals surface area contributed by atoms with E-state index in [0.717, 1.165) is 82.5 Å². The summed E-state index contributed by atoms with van der Waals surface area (Å²) in [6.07, 6.45) is 14.4. The van der Waals surface area contributed by atoms with E-state index in [4.69, 9.17) is 9.72 Å². The zero-order valence-electron chi connectivity index (χ0n) is 43.0. The highest BCUT2D eigenvalue weighted by atomic mass is 16.5. The number of carbonyl (C=O) groups excluding carboxylic acids is 3. The third-order valence-electron chi connectivity index (χ3n) is 16.6. The Morgan fingerprint density at radius 1 is 0.863 bits per heavy atom. The van der Waals surface area contributed by atoms with Gasteiger partial charge in [0.1, 0.15) is 11.5 Å². The first kappa shape index (κ1) is 48.5. The van der Waals surface area contributed by atoms with Crippen LogP contribution < -0.4 is 30.1 Å². The highest BCUT2D eigenvalue weighted by Crippen LogP contribution is 2.42. The summed E-state index contributed by atoms with van der Waals surface area (Å²) in [7, 11) is 1.53. The number of pyridine rings is 1. The Balaban J connectivity index is 0.774. The Bertz CT molecular complexity index is 2980. The van der Waals surface area contributed by atoms with Crippen molar-refractivity contribution >= 4 is 52.1 Å². The van der Waals surface area contributed by atoms with Gasteiger partial charge in [0.2, 0.25) is 5.91 Å². The molecule has 1 unspecified atom stereocenters. The number of rotatable bonds is 12. The Hall–Kier alpha value is -6.78. The van der Waals surface area contributed by atoms with Crippen LogP contribution >= 0.6 is 0 Å². The molecule has 73 heavy (non-hydrogen) atoms. The number of aliphatic hydroxyl groups excluding tert-OH is 1. The number of aliphatic hydroxyl groups is 1. The second-order valence-electron chi connectivity index (χ2n) is 21.9. The minimum absolute atomic E-state index is 0.140. The number of hydrogen-bond donors (Lipinski definition) is 3. The lowest BCUT2D eigenvalue weighted by molar-refractivity contribution is -0.111. The minimum atomic E-state index is -0.372. The van der Waals surface area contributed by atoms with Gasteiger partial charge in [-0.3, -0.25) is 24.2 Å². The van der Waals surface area contributed by atoms with Gasteiger partial charge in [-0.25, -0.2) is 15.0 Å². The van der Waals surface area contributed by atoms with Crippen LogP contribution in [0.5, 0.6) is 5.88 Å². The van der Waals surface area contributed by atoms with E-state index in [1.807, 2.05) is 24.3 Å². The number of fused-ring (bicyclic) bond motifs is 4. The van der Waals surface area contributed by atoms with E-state index in [-0.39, 0.29) is 41.7 Å². The van der Waals surface area contributed by atoms with E-state index in [2.05, 4.69) is 97.2 Å². The van der Waals surface area contributed by atoms with E-state index in [1.54, 1.807) is 23.4 Å². The zero-order chi connectivity index (χ0) is 50.7. The first-order valence-electron chi connectivity index (χ1n) is 26.4. The average molecular weight is 988 g/mol. The van der Waals surface area contributed by atoms with Crippen LogP contribution in [0.3, 0.4) is 0 Å². The number of carbonyl (C=O) groups is 3. The molecule has 2 aliphatic carbocycles. The third kappa shape index (κ3) is 9.10. The second-order valence-corrected chi connectivity index (χ2v) is 21.9. The van der Waals surface area contributed by atoms with Crippen molar-refractivity contribution in [3.8, 4) is 17.1 Å². The molecule has 1 saturated carbocycles. The number of anilines is 6. The van der Waals surface area contributed by atoms with Crippen molar-refractivity contribution in [2.45, 2.75) is 129 Å². The van der Waals surface area contributed by atoms with Gasteiger partial charge in [0.15, 0.2) is 5.82 Å². The van der Waals surface area contributed by atoms with Gasteiger partial charge in [-0.05, 0) is 124 Å². The number of benzene rings is 2. The standard InChI is InChI=1S/C57H69N11O5/c1-7-51(70)61-46-28-39(60-52-54(73-6)59-31-47(62-52)44-17-19-58-53(45(44)34-69)67-24-23-66-49(56(67)72)27-37-29-57(4,5)30-50(37)66)13-16-48(46)65-22-21-63(32-36(65)3)41-18-20-64(35(2)25-41)42-14-15-43-38(26-42)33-68(55(43)71)40-11-9-8-10-12-40/h7,13-17,19,26-28,31,35-36,40-41,69H,1,8-12,18,20-25,29-30,32-34H2,2-6H3,(H,60,62)(H,61,70)/t35-,36-,41?/m0/s1. The van der Waals surface area contributed by atoms with Crippen LogP contribution in [-0.4, -0.2) is 116 Å². The number of piperidine rings is 1. The molecule has 2 aromatic carbocycles. The van der Waals surface area contributed by atoms with Crippen molar-refractivity contribution in [3.05, 3.63) is 107 Å². The maximum atomic E-state index is 14.1. The number of amides is 3. The van der Waals surface area contributed by atoms with Crippen molar-refractivity contribution in [3.63, 3.8) is 0 Å². The number of methoxy groups -OCH3 is 1. The van der Waals surface area contributed by atoms with E-state index in [9.17, 15) is 19.5 Å². The Labute approximate surface area is 428 Å². The first-order valence-corrected chi connectivity index (χ1v) is 26.4. The fraction of sp³-hybridized carbons (Fsp3) is 0.474. The molecule has 3 fully saturated rings. The maximum Gasteiger partial charge on any atom is 0.276 e. The fourth-order valence-electron chi connectivity index (χ4n) is 13.0. The number of nitrogens with zero attached hydrogens (tertiary/aromatic N) is 9. The smallest absolute Gasteiger partial charge is 0.276 e. The zero-order valence-corrected chi connectivity index (χ0v) is 43.0. The lowest BCUT2D eigenvalue weighted by atomic mass is 9.90. The van der Waals surface area contributed by atoms with Gasteiger partial charge in [0.25, 0.3) is 17.7 Å². The summed E-state index contributed by atoms with van der Waals surface area (Å²) in [6.45, 7) is 17.8. The summed E-state index contributed by atoms with van der Waals surface area (Å²) in [5, 5.41) is 17.3. The van der Waals surface area contributed by atoms with Crippen molar-refractivity contribution in [2.75, 3.05) is 65.2 Å². The van der Waals surface area contributed by atoms with Crippen LogP contribution in [-0.2, 0) is 37.3 Å². The Morgan fingerprint density at radius 2 is 1.70 bits per heavy atom. The van der Waals surface area contributed by atoms with Crippen LogP contribution in [0.1, 0.15) is 116 Å². The first-order chi connectivity index (χ1) is 35.3. The number of ether oxygens (including phenoxy) is 1. The Morgan fingerprint density at radius 3 is 2.47 bits per heavy atom. The van der Waals surface area contributed by atoms with E-state index in [1.165, 1.54) is 55.0 Å². The molecule has 16 nitrogen and oxygen atoms in total. The van der Waals surface area contributed by atoms with Gasteiger partial charge in [-0.1, -0.05) is 39.7 Å². The molecule has 3 amide bonds. The van der Waals surface area contributed by atoms with Gasteiger partial charge in [-0.2, -0.15) is 0 Å². The molecule has 0 radical (unpaired) electrons. The summed E-state index contributed by atoms with van der Waals surface area (Å²) < 4.78 is 7.85. The molecule has 0 bridgehead atoms. The average Bonchev–Trinajstić information content (AvgIpc) is 4.02. The molecule has 16 heteroatoms. The minimum Gasteiger partial charge on any atom is -0.478 e. The topological polar surface area (TPSA) is 165 Å². The van der Waals surface area contributed by atoms with Gasteiger partial charge in [0.05, 0.1) is 37.0 Å². The molecule has 6 aliphatic rings. The molecule has 3 aromatic heterocycles. The van der Waals surface area contributed by atoms with Gasteiger partial charge in [-0.15, -0.1) is 0 Å². The van der Waals surface area contributed by atoms with Crippen molar-refractivity contribution in [2.24, 2.45) is 5.41 Å². The molecule has 382 valence electrons. The second kappa shape index (κ2) is 19.6. The molecule has 7 heterocycles. The highest BCUT2D eigenvalue weighted by Gasteiger charge is 2.39. The predicted octanol–water partition coefficient (Wildman–Crippen LogP) is 8.35. The fourth-order valence-corrected chi connectivity index (χ4v) is 13.0. The Kier molecular flexibility index (Phi) is 13.0. The number of aromatic nitrogens is 4. The summed E-state index contributed by atoms with van der Waals surface area (Å²) in [6, 6.07) is 17.6. The summed E-state index contributed by atoms with van der Waals surface area (Å²) in [5.74, 6) is 0.724. The largest absolute Gasteiger partial charge is 0.478 e. The van der Waals surface area contributed by atoms with E-state index in [0.29, 0.717) is 76.7 Å². The van der Waals surface area contributed by atoms with Crippen molar-refractivity contribution in [1.29, 1.82) is 0 Å². The summed E-state index contributed by atoms with van der Waals surface area (Å²) in [4.78, 5) is 66.1. The lowest BCUT2D eigenvalue weighted by Crippen LogP contribution is -2.58. The quantitative estimate of drug-likeness (QED) is 0.103. The molecular formula is C57H69N11O5. The van der Waals surface area contributed by atoms with Gasteiger partial charge in [0, 0.05) is 110 Å². The summed E-state index contributed by atoms with van der Waals surface area (Å²) in [5.41, 5.74) is 10.3. The van der Waals surface area contributed by atoms with Gasteiger partial charge < -0.3 is 39.7 Å². The van der Waals surface area contributed by atoms with Crippen LogP contribution in [0.4, 0.5) is 34.4 Å². The predicted molar refractivity (Wildman–Crippen MR) is 285 cm³/mol. The molecule has 3 N–H and O–H groups in total. The highest BCUT2D eigenvalue weighted by molar-refractivity contribution is 6.06. The summed E-state index contributed by atoms with van der Waals surface area (Å²) >= 11 is 0. The van der Waals surface area contributed by atoms with E-state index < -0.39 is 0 Å². The van der Waals surface area contributed by atoms with Crippen molar-refractivity contribution < 1.29 is 24.2 Å². The van der Waals surface area contributed by atoms with Gasteiger partial charge >= 0.3 is 0 Å². The monoisotopic (exact) mass is 988 g/mol. The molecule has 4 aliphatic heterocycles. The molecule has 3 atom stereocenters. The molecule has 0 spiro atoms. The number of piperazine rings is 1. The van der Waals surface area contributed by atoms with Crippen LogP contribution in [0.25, 0.3) is 11.3 Å². The van der Waals surface area contributed by atoms with Crippen molar-refractivity contribution in [1.82, 2.24) is 29.3 Å². The van der Waals surface area contributed by atoms with Crippen LogP contribution in [0, 0.1) is 5.41 Å². The third-order valence-corrected chi connectivity index (χ3v) is 16.6. The molecule has 11 rings (SSSR count). The molecule has 5 aromatic rings. The maximum absolute atomic E-state index is 14.1. The number of nitrogens with one attached hydrogen (secondary N) is 2. The van der Waals surface area contributed by atoms with E-state index >= 15 is 0 Å². The van der Waals surface area contributed by atoms with Crippen LogP contribution in [0.2, 0.25) is 0 Å².